The second kappa shape index (κ2) is 7.46. The number of para-hydroxylation sites is 1. The lowest BCUT2D eigenvalue weighted by molar-refractivity contribution is -0.128. The fraction of sp³-hybridized carbons (Fsp3) is 0.588. The molecule has 1 amide bonds. The molecular weight excluding hydrogens is 262 g/mol. The van der Waals surface area contributed by atoms with E-state index >= 15 is 0 Å². The summed E-state index contributed by atoms with van der Waals surface area (Å²) in [5.74, 6) is 0.193. The van der Waals surface area contributed by atoms with E-state index in [4.69, 9.17) is 0 Å². The van der Waals surface area contributed by atoms with Crippen molar-refractivity contribution in [3.05, 3.63) is 29.8 Å². The van der Waals surface area contributed by atoms with Gasteiger partial charge in [0, 0.05) is 45.3 Å². The van der Waals surface area contributed by atoms with Crippen LogP contribution < -0.4 is 10.2 Å². The SMILES string of the molecule is CCCNC1CCN(CCC(=O)N(C)C)c2ccccc21. The minimum absolute atomic E-state index is 0.193. The molecule has 116 valence electrons. The van der Waals surface area contributed by atoms with Gasteiger partial charge >= 0.3 is 0 Å². The Morgan fingerprint density at radius 2 is 2.14 bits per heavy atom. The van der Waals surface area contributed by atoms with E-state index < -0.39 is 0 Å². The van der Waals surface area contributed by atoms with Gasteiger partial charge in [0.1, 0.15) is 0 Å². The summed E-state index contributed by atoms with van der Waals surface area (Å²) in [4.78, 5) is 15.8. The van der Waals surface area contributed by atoms with E-state index in [0.29, 0.717) is 12.5 Å². The number of amides is 1. The minimum Gasteiger partial charge on any atom is -0.371 e. The summed E-state index contributed by atoms with van der Waals surface area (Å²) in [7, 11) is 3.63. The maximum absolute atomic E-state index is 11.8. The lowest BCUT2D eigenvalue weighted by Gasteiger charge is -2.36. The first-order valence-corrected chi connectivity index (χ1v) is 7.91. The van der Waals surface area contributed by atoms with Gasteiger partial charge in [-0.05, 0) is 31.0 Å². The first kappa shape index (κ1) is 15.8. The van der Waals surface area contributed by atoms with Crippen molar-refractivity contribution < 1.29 is 4.79 Å². The molecule has 21 heavy (non-hydrogen) atoms. The van der Waals surface area contributed by atoms with E-state index in [2.05, 4.69) is 41.4 Å². The molecule has 4 nitrogen and oxygen atoms in total. The monoisotopic (exact) mass is 289 g/mol. The number of carbonyl (C=O) groups excluding carboxylic acids is 1. The van der Waals surface area contributed by atoms with Crippen LogP contribution in [0.15, 0.2) is 24.3 Å². The molecule has 1 unspecified atom stereocenters. The van der Waals surface area contributed by atoms with Crippen molar-refractivity contribution in [2.45, 2.75) is 32.2 Å². The van der Waals surface area contributed by atoms with E-state index in [0.717, 1.165) is 32.5 Å². The van der Waals surface area contributed by atoms with Gasteiger partial charge in [-0.2, -0.15) is 0 Å². The van der Waals surface area contributed by atoms with Crippen LogP contribution in [0.1, 0.15) is 37.8 Å². The van der Waals surface area contributed by atoms with Crippen molar-refractivity contribution in [3.8, 4) is 0 Å². The third kappa shape index (κ3) is 3.97. The molecule has 1 heterocycles. The van der Waals surface area contributed by atoms with E-state index in [1.165, 1.54) is 11.3 Å². The first-order valence-electron chi connectivity index (χ1n) is 7.91. The smallest absolute Gasteiger partial charge is 0.223 e. The Hall–Kier alpha value is -1.55. The summed E-state index contributed by atoms with van der Waals surface area (Å²) >= 11 is 0. The summed E-state index contributed by atoms with van der Waals surface area (Å²) in [5, 5.41) is 3.63. The number of nitrogens with one attached hydrogen (secondary N) is 1. The number of benzene rings is 1. The van der Waals surface area contributed by atoms with E-state index in [9.17, 15) is 4.79 Å². The van der Waals surface area contributed by atoms with Crippen LogP contribution in [0.5, 0.6) is 0 Å². The number of anilines is 1. The fourth-order valence-electron chi connectivity index (χ4n) is 2.85. The normalized spacial score (nSPS) is 17.5. The molecule has 0 bridgehead atoms. The van der Waals surface area contributed by atoms with Crippen LogP contribution in [0.3, 0.4) is 0 Å². The zero-order valence-corrected chi connectivity index (χ0v) is 13.4. The highest BCUT2D eigenvalue weighted by molar-refractivity contribution is 5.76. The van der Waals surface area contributed by atoms with Crippen LogP contribution in [-0.4, -0.2) is 44.5 Å². The van der Waals surface area contributed by atoms with E-state index in [1.807, 2.05) is 14.1 Å². The highest BCUT2D eigenvalue weighted by atomic mass is 16.2. The van der Waals surface area contributed by atoms with E-state index in [1.54, 1.807) is 4.90 Å². The molecule has 1 aromatic carbocycles. The van der Waals surface area contributed by atoms with Crippen molar-refractivity contribution in [3.63, 3.8) is 0 Å². The molecule has 0 saturated carbocycles. The van der Waals surface area contributed by atoms with Gasteiger partial charge < -0.3 is 15.1 Å². The van der Waals surface area contributed by atoms with Gasteiger partial charge in [0.25, 0.3) is 0 Å². The van der Waals surface area contributed by atoms with E-state index in [-0.39, 0.29) is 5.91 Å². The van der Waals surface area contributed by atoms with Gasteiger partial charge in [-0.3, -0.25) is 4.79 Å². The molecule has 1 aliphatic heterocycles. The second-order valence-corrected chi connectivity index (χ2v) is 5.88. The van der Waals surface area contributed by atoms with Crippen molar-refractivity contribution in [2.75, 3.05) is 38.6 Å². The number of rotatable bonds is 6. The molecule has 0 radical (unpaired) electrons. The summed E-state index contributed by atoms with van der Waals surface area (Å²) in [6.07, 6.45) is 2.83. The Bertz CT molecular complexity index is 473. The number of hydrogen-bond acceptors (Lipinski definition) is 3. The third-order valence-electron chi connectivity index (χ3n) is 4.08. The number of fused-ring (bicyclic) bond motifs is 1. The number of nitrogens with zero attached hydrogens (tertiary/aromatic N) is 2. The first-order chi connectivity index (χ1) is 10.1. The minimum atomic E-state index is 0.193. The highest BCUT2D eigenvalue weighted by Gasteiger charge is 2.24. The van der Waals surface area contributed by atoms with Crippen molar-refractivity contribution in [1.29, 1.82) is 0 Å². The van der Waals surface area contributed by atoms with Gasteiger partial charge in [0.15, 0.2) is 0 Å². The molecule has 1 aliphatic rings. The van der Waals surface area contributed by atoms with Crippen LogP contribution >= 0.6 is 0 Å². The number of hydrogen-bond donors (Lipinski definition) is 1. The lowest BCUT2D eigenvalue weighted by Crippen LogP contribution is -2.38. The Labute approximate surface area is 128 Å². The van der Waals surface area contributed by atoms with Crippen molar-refractivity contribution in [1.82, 2.24) is 10.2 Å². The third-order valence-corrected chi connectivity index (χ3v) is 4.08. The standard InChI is InChI=1S/C17H27N3O/c1-4-11-18-15-9-12-20(13-10-17(21)19(2)3)16-8-6-5-7-14(15)16/h5-8,15,18H,4,9-13H2,1-3H3. The van der Waals surface area contributed by atoms with Crippen LogP contribution in [0.4, 0.5) is 5.69 Å². The lowest BCUT2D eigenvalue weighted by atomic mass is 9.96. The summed E-state index contributed by atoms with van der Waals surface area (Å²) < 4.78 is 0. The molecule has 4 heteroatoms. The van der Waals surface area contributed by atoms with Crippen LogP contribution in [0.2, 0.25) is 0 Å². The van der Waals surface area contributed by atoms with Gasteiger partial charge in [0.05, 0.1) is 0 Å². The molecule has 1 aromatic rings. The van der Waals surface area contributed by atoms with Crippen molar-refractivity contribution in [2.24, 2.45) is 0 Å². The Balaban J connectivity index is 2.06. The molecule has 1 atom stereocenters. The average Bonchev–Trinajstić information content (AvgIpc) is 2.50. The second-order valence-electron chi connectivity index (χ2n) is 5.88. The molecule has 0 fully saturated rings. The maximum atomic E-state index is 11.8. The predicted octanol–water partition coefficient (Wildman–Crippen LogP) is 2.42. The number of carbonyl (C=O) groups is 1. The predicted molar refractivity (Wildman–Crippen MR) is 87.6 cm³/mol. The topological polar surface area (TPSA) is 35.6 Å². The Morgan fingerprint density at radius 1 is 1.38 bits per heavy atom. The zero-order valence-electron chi connectivity index (χ0n) is 13.4. The largest absolute Gasteiger partial charge is 0.371 e. The maximum Gasteiger partial charge on any atom is 0.223 e. The average molecular weight is 289 g/mol. The van der Waals surface area contributed by atoms with Crippen molar-refractivity contribution >= 4 is 11.6 Å². The van der Waals surface area contributed by atoms with Crippen LogP contribution in [0.25, 0.3) is 0 Å². The zero-order chi connectivity index (χ0) is 15.2. The Kier molecular flexibility index (Phi) is 5.62. The molecule has 0 aliphatic carbocycles. The molecule has 0 aromatic heterocycles. The molecule has 1 N–H and O–H groups in total. The quantitative estimate of drug-likeness (QED) is 0.873. The van der Waals surface area contributed by atoms with Gasteiger partial charge in [-0.15, -0.1) is 0 Å². The van der Waals surface area contributed by atoms with Gasteiger partial charge in [0.2, 0.25) is 5.91 Å². The van der Waals surface area contributed by atoms with Crippen LogP contribution in [0, 0.1) is 0 Å². The fourth-order valence-corrected chi connectivity index (χ4v) is 2.85. The van der Waals surface area contributed by atoms with Gasteiger partial charge in [-0.1, -0.05) is 25.1 Å². The van der Waals surface area contributed by atoms with Gasteiger partial charge in [-0.25, -0.2) is 0 Å². The molecular formula is C17H27N3O. The Morgan fingerprint density at radius 3 is 2.86 bits per heavy atom. The molecule has 0 saturated heterocycles. The molecule has 2 rings (SSSR count). The summed E-state index contributed by atoms with van der Waals surface area (Å²) in [5.41, 5.74) is 2.65. The summed E-state index contributed by atoms with van der Waals surface area (Å²) in [6.45, 7) is 5.06. The van der Waals surface area contributed by atoms with Crippen LogP contribution in [-0.2, 0) is 4.79 Å². The summed E-state index contributed by atoms with van der Waals surface area (Å²) in [6, 6.07) is 9.02. The molecule has 0 spiro atoms. The highest BCUT2D eigenvalue weighted by Crippen LogP contribution is 2.33.